The van der Waals surface area contributed by atoms with Gasteiger partial charge in [-0.1, -0.05) is 31.7 Å². The molecule has 1 saturated heterocycles. The third kappa shape index (κ3) is 4.15. The molecule has 132 valence electrons. The van der Waals surface area contributed by atoms with Gasteiger partial charge in [-0.15, -0.1) is 0 Å². The predicted molar refractivity (Wildman–Crippen MR) is 96.8 cm³/mol. The fourth-order valence-corrected chi connectivity index (χ4v) is 4.35. The second kappa shape index (κ2) is 8.61. The molecule has 0 bridgehead atoms. The van der Waals surface area contributed by atoms with Gasteiger partial charge < -0.3 is 5.32 Å². The van der Waals surface area contributed by atoms with Gasteiger partial charge in [-0.3, -0.25) is 14.7 Å². The van der Waals surface area contributed by atoms with Crippen LogP contribution in [0.15, 0.2) is 24.5 Å². The maximum atomic E-state index is 13.1. The number of nitrogens with zero attached hydrogens (tertiary/aromatic N) is 2. The monoisotopic (exact) mass is 329 g/mol. The molecule has 1 aromatic heterocycles. The highest BCUT2D eigenvalue weighted by atomic mass is 16.2. The second-order valence-electron chi connectivity index (χ2n) is 7.36. The molecule has 4 heteroatoms. The first-order chi connectivity index (χ1) is 11.8. The van der Waals surface area contributed by atoms with Crippen molar-refractivity contribution in [1.82, 2.24) is 15.2 Å². The van der Waals surface area contributed by atoms with E-state index in [9.17, 15) is 4.79 Å². The van der Waals surface area contributed by atoms with Gasteiger partial charge in [-0.05, 0) is 63.2 Å². The number of hydrogen-bond acceptors (Lipinski definition) is 3. The summed E-state index contributed by atoms with van der Waals surface area (Å²) in [5, 5.41) is 3.26. The number of nitrogens with one attached hydrogen (secondary N) is 1. The predicted octanol–water partition coefficient (Wildman–Crippen LogP) is 3.32. The Morgan fingerprint density at radius 2 is 1.88 bits per heavy atom. The molecular weight excluding hydrogens is 298 g/mol. The molecular formula is C20H31N3O. The van der Waals surface area contributed by atoms with E-state index in [1.165, 1.54) is 44.1 Å². The molecule has 1 N–H and O–H groups in total. The van der Waals surface area contributed by atoms with E-state index in [1.807, 2.05) is 12.3 Å². The van der Waals surface area contributed by atoms with Crippen LogP contribution in [-0.2, 0) is 11.2 Å². The summed E-state index contributed by atoms with van der Waals surface area (Å²) in [4.78, 5) is 19.7. The summed E-state index contributed by atoms with van der Waals surface area (Å²) in [6.07, 6.45) is 15.2. The van der Waals surface area contributed by atoms with Gasteiger partial charge in [-0.2, -0.15) is 0 Å². The van der Waals surface area contributed by atoms with E-state index in [1.54, 1.807) is 6.20 Å². The second-order valence-corrected chi connectivity index (χ2v) is 7.36. The van der Waals surface area contributed by atoms with Crippen molar-refractivity contribution in [2.24, 2.45) is 0 Å². The Balaban J connectivity index is 1.53. The summed E-state index contributed by atoms with van der Waals surface area (Å²) in [6, 6.07) is 4.08. The molecule has 0 aromatic carbocycles. The van der Waals surface area contributed by atoms with E-state index in [0.717, 1.165) is 45.3 Å². The van der Waals surface area contributed by atoms with Gasteiger partial charge in [0.15, 0.2) is 0 Å². The molecule has 2 heterocycles. The Kier molecular flexibility index (Phi) is 6.24. The molecule has 1 aliphatic carbocycles. The minimum Gasteiger partial charge on any atom is -0.354 e. The molecule has 1 aliphatic heterocycles. The van der Waals surface area contributed by atoms with Crippen molar-refractivity contribution in [2.75, 3.05) is 19.6 Å². The Labute approximate surface area is 146 Å². The van der Waals surface area contributed by atoms with E-state index in [-0.39, 0.29) is 11.4 Å². The minimum atomic E-state index is -0.215. The average Bonchev–Trinajstić information content (AvgIpc) is 2.67. The Bertz CT molecular complexity index is 505. The number of carbonyl (C=O) groups excluding carboxylic acids is 1. The van der Waals surface area contributed by atoms with Crippen LogP contribution in [0.3, 0.4) is 0 Å². The average molecular weight is 329 g/mol. The Morgan fingerprint density at radius 3 is 2.58 bits per heavy atom. The number of aryl methyl sites for hydroxylation is 1. The normalized spacial score (nSPS) is 21.3. The van der Waals surface area contributed by atoms with Crippen LogP contribution < -0.4 is 5.32 Å². The number of hydrogen-bond donors (Lipinski definition) is 1. The standard InChI is InChI=1S/C20H31N3O/c24-19(22-14-8-10-18-9-7-13-21-17-18)20(11-3-1-4-12-20)23-15-5-2-6-16-23/h7,9,13,17H,1-6,8,10-12,14-16H2,(H,22,24). The number of aromatic nitrogens is 1. The lowest BCUT2D eigenvalue weighted by atomic mass is 9.78. The molecule has 2 fully saturated rings. The van der Waals surface area contributed by atoms with Crippen molar-refractivity contribution in [2.45, 2.75) is 69.7 Å². The molecule has 1 saturated carbocycles. The number of amides is 1. The summed E-state index contributed by atoms with van der Waals surface area (Å²) in [5.74, 6) is 0.287. The van der Waals surface area contributed by atoms with Crippen molar-refractivity contribution in [3.8, 4) is 0 Å². The van der Waals surface area contributed by atoms with Crippen molar-refractivity contribution < 1.29 is 4.79 Å². The summed E-state index contributed by atoms with van der Waals surface area (Å²) >= 11 is 0. The minimum absolute atomic E-state index is 0.215. The van der Waals surface area contributed by atoms with Gasteiger partial charge in [0.05, 0.1) is 0 Å². The van der Waals surface area contributed by atoms with E-state index >= 15 is 0 Å². The highest BCUT2D eigenvalue weighted by Crippen LogP contribution is 2.35. The maximum absolute atomic E-state index is 13.1. The van der Waals surface area contributed by atoms with Gasteiger partial charge in [0.2, 0.25) is 5.91 Å². The van der Waals surface area contributed by atoms with Crippen LogP contribution in [0.4, 0.5) is 0 Å². The molecule has 0 spiro atoms. The number of pyridine rings is 1. The van der Waals surface area contributed by atoms with Gasteiger partial charge in [0, 0.05) is 18.9 Å². The number of carbonyl (C=O) groups is 1. The number of rotatable bonds is 6. The number of piperidine rings is 1. The third-order valence-electron chi connectivity index (χ3n) is 5.72. The van der Waals surface area contributed by atoms with Crippen molar-refractivity contribution in [1.29, 1.82) is 0 Å². The maximum Gasteiger partial charge on any atom is 0.240 e. The van der Waals surface area contributed by atoms with E-state index in [2.05, 4.69) is 21.3 Å². The molecule has 3 rings (SSSR count). The smallest absolute Gasteiger partial charge is 0.240 e. The topological polar surface area (TPSA) is 45.2 Å². The van der Waals surface area contributed by atoms with Gasteiger partial charge in [0.25, 0.3) is 0 Å². The van der Waals surface area contributed by atoms with Crippen molar-refractivity contribution in [3.63, 3.8) is 0 Å². The van der Waals surface area contributed by atoms with E-state index in [4.69, 9.17) is 0 Å². The van der Waals surface area contributed by atoms with Crippen LogP contribution in [0.25, 0.3) is 0 Å². The van der Waals surface area contributed by atoms with Crippen LogP contribution >= 0.6 is 0 Å². The molecule has 0 atom stereocenters. The lowest BCUT2D eigenvalue weighted by Crippen LogP contribution is -2.61. The van der Waals surface area contributed by atoms with Crippen LogP contribution in [-0.4, -0.2) is 41.0 Å². The quantitative estimate of drug-likeness (QED) is 0.814. The number of likely N-dealkylation sites (tertiary alicyclic amines) is 1. The Hall–Kier alpha value is -1.42. The van der Waals surface area contributed by atoms with Crippen molar-refractivity contribution in [3.05, 3.63) is 30.1 Å². The molecule has 2 aliphatic rings. The molecule has 0 radical (unpaired) electrons. The van der Waals surface area contributed by atoms with Crippen LogP contribution in [0, 0.1) is 0 Å². The molecule has 24 heavy (non-hydrogen) atoms. The van der Waals surface area contributed by atoms with Crippen LogP contribution in [0.5, 0.6) is 0 Å². The van der Waals surface area contributed by atoms with E-state index < -0.39 is 0 Å². The van der Waals surface area contributed by atoms with Crippen LogP contribution in [0.1, 0.15) is 63.4 Å². The third-order valence-corrected chi connectivity index (χ3v) is 5.72. The fourth-order valence-electron chi connectivity index (χ4n) is 4.35. The lowest BCUT2D eigenvalue weighted by Gasteiger charge is -2.46. The fraction of sp³-hybridized carbons (Fsp3) is 0.700. The van der Waals surface area contributed by atoms with Gasteiger partial charge in [-0.25, -0.2) is 0 Å². The zero-order valence-corrected chi connectivity index (χ0v) is 14.8. The summed E-state index contributed by atoms with van der Waals surface area (Å²) in [7, 11) is 0. The Morgan fingerprint density at radius 1 is 1.12 bits per heavy atom. The zero-order valence-electron chi connectivity index (χ0n) is 14.8. The van der Waals surface area contributed by atoms with Crippen molar-refractivity contribution >= 4 is 5.91 Å². The summed E-state index contributed by atoms with van der Waals surface area (Å²) in [6.45, 7) is 2.97. The summed E-state index contributed by atoms with van der Waals surface area (Å²) in [5.41, 5.74) is 1.03. The lowest BCUT2D eigenvalue weighted by molar-refractivity contribution is -0.137. The zero-order chi connectivity index (χ0) is 16.7. The molecule has 1 amide bonds. The molecule has 0 unspecified atom stereocenters. The summed E-state index contributed by atoms with van der Waals surface area (Å²) < 4.78 is 0. The SMILES string of the molecule is O=C(NCCCc1cccnc1)C1(N2CCCCC2)CCCCC1. The molecule has 1 aromatic rings. The van der Waals surface area contributed by atoms with Crippen LogP contribution in [0.2, 0.25) is 0 Å². The van der Waals surface area contributed by atoms with Gasteiger partial charge >= 0.3 is 0 Å². The molecule has 4 nitrogen and oxygen atoms in total. The van der Waals surface area contributed by atoms with Gasteiger partial charge in [0.1, 0.15) is 5.54 Å². The first-order valence-electron chi connectivity index (χ1n) is 9.73. The largest absolute Gasteiger partial charge is 0.354 e. The highest BCUT2D eigenvalue weighted by molar-refractivity contribution is 5.86. The highest BCUT2D eigenvalue weighted by Gasteiger charge is 2.44. The first kappa shape index (κ1) is 17.4. The first-order valence-corrected chi connectivity index (χ1v) is 9.73. The van der Waals surface area contributed by atoms with E-state index in [0.29, 0.717) is 0 Å².